The average molecular weight is 619 g/mol. The Bertz CT molecular complexity index is 1210. The zero-order chi connectivity index (χ0) is 31.8. The van der Waals surface area contributed by atoms with E-state index in [1.165, 1.54) is 29.6 Å². The summed E-state index contributed by atoms with van der Waals surface area (Å²) in [6, 6.07) is 21.6. The van der Waals surface area contributed by atoms with E-state index in [-0.39, 0.29) is 39.9 Å². The van der Waals surface area contributed by atoms with E-state index in [0.29, 0.717) is 12.5 Å². The number of rotatable bonds is 9. The molecule has 242 valence electrons. The van der Waals surface area contributed by atoms with Crippen LogP contribution >= 0.6 is 0 Å². The number of hydrogen-bond donors (Lipinski definition) is 1. The lowest BCUT2D eigenvalue weighted by molar-refractivity contribution is -0.350. The molecule has 5 rings (SSSR count). The van der Waals surface area contributed by atoms with Crippen molar-refractivity contribution in [1.29, 1.82) is 0 Å². The number of hydrogen-bond acceptors (Lipinski definition) is 4. The van der Waals surface area contributed by atoms with Crippen molar-refractivity contribution in [2.75, 3.05) is 6.61 Å². The van der Waals surface area contributed by atoms with Gasteiger partial charge in [0.05, 0.1) is 5.60 Å². The molecular formula is C39H58O4Si. The molecule has 1 heterocycles. The number of benzene rings is 2. The second kappa shape index (κ2) is 12.8. The molecule has 2 aromatic rings. The van der Waals surface area contributed by atoms with Crippen LogP contribution in [-0.4, -0.2) is 37.8 Å². The summed E-state index contributed by atoms with van der Waals surface area (Å²) < 4.78 is 7.17. The molecule has 2 unspecified atom stereocenters. The van der Waals surface area contributed by atoms with Crippen LogP contribution in [0, 0.1) is 28.6 Å². The van der Waals surface area contributed by atoms with Gasteiger partial charge in [-0.25, -0.2) is 9.78 Å². The third kappa shape index (κ3) is 6.04. The number of aliphatic hydroxyl groups is 1. The molecule has 0 amide bonds. The summed E-state index contributed by atoms with van der Waals surface area (Å²) in [5.74, 6) is 0.961. The van der Waals surface area contributed by atoms with Gasteiger partial charge in [-0.2, -0.15) is 0 Å². The van der Waals surface area contributed by atoms with E-state index >= 15 is 0 Å². The van der Waals surface area contributed by atoms with Gasteiger partial charge < -0.3 is 9.53 Å². The van der Waals surface area contributed by atoms with Gasteiger partial charge in [-0.05, 0) is 76.6 Å². The molecule has 0 aromatic heterocycles. The first-order valence-electron chi connectivity index (χ1n) is 17.2. The third-order valence-corrected chi connectivity index (χ3v) is 17.1. The Balaban J connectivity index is 1.26. The summed E-state index contributed by atoms with van der Waals surface area (Å²) >= 11 is 0. The average Bonchev–Trinajstić information content (AvgIpc) is 2.99. The summed E-state index contributed by atoms with van der Waals surface area (Å²) in [7, 11) is -2.62. The molecular weight excluding hydrogens is 561 g/mol. The topological polar surface area (TPSA) is 47.9 Å². The highest BCUT2D eigenvalue weighted by Gasteiger charge is 2.61. The van der Waals surface area contributed by atoms with E-state index in [2.05, 4.69) is 128 Å². The molecule has 0 radical (unpaired) electrons. The van der Waals surface area contributed by atoms with Gasteiger partial charge in [0.15, 0.2) is 0 Å². The van der Waals surface area contributed by atoms with E-state index in [1.807, 2.05) is 0 Å². The van der Waals surface area contributed by atoms with Crippen molar-refractivity contribution in [3.8, 4) is 0 Å². The maximum atomic E-state index is 12.4. The van der Waals surface area contributed by atoms with Gasteiger partial charge in [-0.1, -0.05) is 135 Å². The van der Waals surface area contributed by atoms with E-state index in [9.17, 15) is 5.11 Å². The largest absolute Gasteiger partial charge is 0.407 e. The summed E-state index contributed by atoms with van der Waals surface area (Å²) in [4.78, 5) is 12.1. The highest BCUT2D eigenvalue weighted by Crippen LogP contribution is 2.63. The normalized spacial score (nSPS) is 33.0. The first-order valence-corrected chi connectivity index (χ1v) is 19.1. The van der Waals surface area contributed by atoms with Crippen LogP contribution in [-0.2, 0) is 14.2 Å². The van der Waals surface area contributed by atoms with Gasteiger partial charge in [-0.3, -0.25) is 0 Å². The quantitative estimate of drug-likeness (QED) is 0.175. The summed E-state index contributed by atoms with van der Waals surface area (Å²) in [5.41, 5.74) is -0.453. The third-order valence-electron chi connectivity index (χ3n) is 12.1. The van der Waals surface area contributed by atoms with Crippen molar-refractivity contribution < 1.29 is 19.3 Å². The minimum Gasteiger partial charge on any atom is -0.407 e. The van der Waals surface area contributed by atoms with Crippen molar-refractivity contribution in [2.45, 2.75) is 123 Å². The highest BCUT2D eigenvalue weighted by atomic mass is 28.4. The van der Waals surface area contributed by atoms with Crippen LogP contribution in [0.4, 0.5) is 0 Å². The predicted molar refractivity (Wildman–Crippen MR) is 183 cm³/mol. The van der Waals surface area contributed by atoms with Gasteiger partial charge in [0.1, 0.15) is 12.2 Å². The molecule has 4 nitrogen and oxygen atoms in total. The fraction of sp³-hybridized carbons (Fsp3) is 0.641. The van der Waals surface area contributed by atoms with Gasteiger partial charge in [0, 0.05) is 12.5 Å². The van der Waals surface area contributed by atoms with Gasteiger partial charge >= 0.3 is 0 Å². The SMILES string of the molecule is C[C@@H]1CC[C@H]2C(C)(C)CCC[C@]2(C)[C@@]1(O)CCC1C=CC([C@@H](C)CO[Si](c2ccccc2)(c2ccccc2)C(C)(C)C)OO1. The molecule has 2 fully saturated rings. The Labute approximate surface area is 268 Å². The van der Waals surface area contributed by atoms with Crippen LogP contribution in [0.5, 0.6) is 0 Å². The van der Waals surface area contributed by atoms with Crippen LogP contribution in [0.3, 0.4) is 0 Å². The van der Waals surface area contributed by atoms with E-state index < -0.39 is 13.9 Å². The molecule has 0 saturated heterocycles. The standard InChI is InChI=1S/C39H58O4Si/c1-29(28-41-44(36(3,4)5,32-16-11-9-12-17-32)33-18-13-10-14-19-33)34-22-21-31(42-43-34)24-27-39(40)30(2)20-23-35-37(6,7)25-15-26-38(35,39)8/h9-14,16-19,21-22,29-31,34-35,40H,15,20,23-28H2,1-8H3/t29-,30+,31?,34?,35-,38-,39+/m0/s1. The summed E-state index contributed by atoms with van der Waals surface area (Å²) in [6.07, 6.45) is 11.4. The van der Waals surface area contributed by atoms with Gasteiger partial charge in [-0.15, -0.1) is 0 Å². The lowest BCUT2D eigenvalue weighted by atomic mass is 9.44. The second-order valence-electron chi connectivity index (χ2n) is 16.3. The Kier molecular flexibility index (Phi) is 9.77. The van der Waals surface area contributed by atoms with Crippen LogP contribution in [0.25, 0.3) is 0 Å². The lowest BCUT2D eigenvalue weighted by Crippen LogP contribution is -2.67. The van der Waals surface area contributed by atoms with Gasteiger partial charge in [0.25, 0.3) is 8.32 Å². The van der Waals surface area contributed by atoms with Crippen LogP contribution in [0.1, 0.15) is 100 Å². The molecule has 0 spiro atoms. The zero-order valence-electron chi connectivity index (χ0n) is 28.6. The predicted octanol–water partition coefficient (Wildman–Crippen LogP) is 8.23. The Morgan fingerprint density at radius 1 is 0.909 bits per heavy atom. The Morgan fingerprint density at radius 2 is 1.52 bits per heavy atom. The second-order valence-corrected chi connectivity index (χ2v) is 20.6. The van der Waals surface area contributed by atoms with E-state index in [1.54, 1.807) is 0 Å². The van der Waals surface area contributed by atoms with Crippen molar-refractivity contribution in [3.05, 3.63) is 72.8 Å². The molecule has 7 atom stereocenters. The fourth-order valence-corrected chi connectivity index (χ4v) is 14.1. The maximum absolute atomic E-state index is 12.4. The summed E-state index contributed by atoms with van der Waals surface area (Å²) in [6.45, 7) is 19.2. The first-order chi connectivity index (χ1) is 20.7. The first kappa shape index (κ1) is 33.6. The molecule has 2 aromatic carbocycles. The van der Waals surface area contributed by atoms with E-state index in [0.717, 1.165) is 25.7 Å². The fourth-order valence-electron chi connectivity index (χ4n) is 9.44. The molecule has 1 N–H and O–H groups in total. The molecule has 3 aliphatic rings. The van der Waals surface area contributed by atoms with Crippen molar-refractivity contribution in [2.24, 2.45) is 28.6 Å². The number of fused-ring (bicyclic) bond motifs is 1. The molecule has 44 heavy (non-hydrogen) atoms. The van der Waals surface area contributed by atoms with Gasteiger partial charge in [0.2, 0.25) is 0 Å². The van der Waals surface area contributed by atoms with Crippen LogP contribution in [0.2, 0.25) is 5.04 Å². The minimum absolute atomic E-state index is 0.0546. The van der Waals surface area contributed by atoms with Crippen molar-refractivity contribution in [1.82, 2.24) is 0 Å². The Morgan fingerprint density at radius 3 is 2.07 bits per heavy atom. The highest BCUT2D eigenvalue weighted by molar-refractivity contribution is 6.99. The molecule has 2 aliphatic carbocycles. The molecule has 1 aliphatic heterocycles. The monoisotopic (exact) mass is 618 g/mol. The lowest BCUT2D eigenvalue weighted by Gasteiger charge is -2.63. The Hall–Kier alpha value is -1.76. The smallest absolute Gasteiger partial charge is 0.261 e. The van der Waals surface area contributed by atoms with Crippen molar-refractivity contribution >= 4 is 18.7 Å². The van der Waals surface area contributed by atoms with Crippen LogP contribution in [0.15, 0.2) is 72.8 Å². The molecule has 0 bridgehead atoms. The maximum Gasteiger partial charge on any atom is 0.261 e. The van der Waals surface area contributed by atoms with Crippen LogP contribution < -0.4 is 10.4 Å². The van der Waals surface area contributed by atoms with Crippen molar-refractivity contribution in [3.63, 3.8) is 0 Å². The molecule has 2 saturated carbocycles. The molecule has 5 heteroatoms. The zero-order valence-corrected chi connectivity index (χ0v) is 29.6. The van der Waals surface area contributed by atoms with E-state index in [4.69, 9.17) is 14.2 Å². The minimum atomic E-state index is -2.62. The summed E-state index contributed by atoms with van der Waals surface area (Å²) in [5, 5.41) is 14.9.